The molecule has 3 heterocycles. The fraction of sp³-hybridized carbons (Fsp3) is 0.263. The van der Waals surface area contributed by atoms with Crippen molar-refractivity contribution in [1.29, 1.82) is 0 Å². The molecule has 2 aliphatic heterocycles. The maximum absolute atomic E-state index is 12.5. The third-order valence-corrected chi connectivity index (χ3v) is 6.54. The average molecular weight is 464 g/mol. The Morgan fingerprint density at radius 1 is 1.32 bits per heavy atom. The lowest BCUT2D eigenvalue weighted by atomic mass is 9.91. The molecule has 3 aliphatic rings. The van der Waals surface area contributed by atoms with E-state index < -0.39 is 0 Å². The molecule has 2 aromatic rings. The third-order valence-electron chi connectivity index (χ3n) is 4.77. The first-order valence-corrected chi connectivity index (χ1v) is 10.5. The van der Waals surface area contributed by atoms with Gasteiger partial charge in [-0.2, -0.15) is 5.43 Å². The molecule has 1 aromatic heterocycles. The van der Waals surface area contributed by atoms with E-state index in [9.17, 15) is 4.79 Å². The average Bonchev–Trinajstić information content (AvgIpc) is 3.39. The fourth-order valence-electron chi connectivity index (χ4n) is 3.53. The molecule has 2 N–H and O–H groups in total. The zero-order valence-corrected chi connectivity index (χ0v) is 17.3. The molecule has 0 bridgehead atoms. The molecule has 0 amide bonds. The normalized spacial score (nSPS) is 16.6. The van der Waals surface area contributed by atoms with E-state index in [1.807, 2.05) is 17.6 Å². The first kappa shape index (κ1) is 17.7. The lowest BCUT2D eigenvalue weighted by Crippen LogP contribution is -2.73. The molecular weight excluding hydrogens is 448 g/mol. The summed E-state index contributed by atoms with van der Waals surface area (Å²) in [5.74, 6) is 1.65. The molecule has 1 aromatic carbocycles. The first-order chi connectivity index (χ1) is 13.7. The molecule has 0 radical (unpaired) electrons. The lowest BCUT2D eigenvalue weighted by Gasteiger charge is -2.14. The highest BCUT2D eigenvalue weighted by atomic mass is 79.9. The molecule has 9 heteroatoms. The highest BCUT2D eigenvalue weighted by Crippen LogP contribution is 2.47. The van der Waals surface area contributed by atoms with Crippen LogP contribution >= 0.6 is 27.3 Å². The maximum atomic E-state index is 12.5. The van der Waals surface area contributed by atoms with Crippen molar-refractivity contribution in [2.75, 3.05) is 13.4 Å². The van der Waals surface area contributed by atoms with Crippen LogP contribution in [0.1, 0.15) is 34.1 Å². The van der Waals surface area contributed by atoms with Crippen molar-refractivity contribution < 1.29 is 29.2 Å². The second-order valence-electron chi connectivity index (χ2n) is 6.35. The summed E-state index contributed by atoms with van der Waals surface area (Å²) in [4.78, 5) is 13.1. The Morgan fingerprint density at radius 3 is 3.04 bits per heavy atom. The van der Waals surface area contributed by atoms with Gasteiger partial charge in [0.15, 0.2) is 26.9 Å². The minimum Gasteiger partial charge on any atom is -0.462 e. The molecule has 28 heavy (non-hydrogen) atoms. The predicted octanol–water partition coefficient (Wildman–Crippen LogP) is 3.39. The second kappa shape index (κ2) is 6.91. The summed E-state index contributed by atoms with van der Waals surface area (Å²) >= 11 is 4.83. The highest BCUT2D eigenvalue weighted by molar-refractivity contribution is 9.18. The summed E-state index contributed by atoms with van der Waals surface area (Å²) in [6.45, 7) is 2.34. The van der Waals surface area contributed by atoms with Gasteiger partial charge in [-0.15, -0.1) is 0 Å². The number of halogens is 1. The standard InChI is InChI=1S/C19H15BrN2O5S/c1-2-24-18(23)16-10-4-5-11-15(21-22-17(11)20)14(10)19(28-16)27-9-3-6-12-13(7-9)26-8-25-12/h3,6-7H,2,4-5,8H2,1H3,(H,21,22)/p+1. The molecule has 144 valence electrons. The van der Waals surface area contributed by atoms with Gasteiger partial charge in [0.05, 0.1) is 17.7 Å². The topological polar surface area (TPSA) is 83.0 Å². The molecule has 0 unspecified atom stereocenters. The van der Waals surface area contributed by atoms with Crippen molar-refractivity contribution in [2.24, 2.45) is 5.10 Å². The smallest absolute Gasteiger partial charge is 0.348 e. The van der Waals surface area contributed by atoms with Crippen molar-refractivity contribution in [1.82, 2.24) is 0 Å². The molecule has 0 saturated heterocycles. The number of carbonyl (C=O) groups excluding carboxylic acids is 1. The number of nitrogens with zero attached hydrogens (tertiary/aromatic N) is 1. The van der Waals surface area contributed by atoms with E-state index in [0.717, 1.165) is 39.9 Å². The number of allylic oxidation sites excluding steroid dienone is 1. The van der Waals surface area contributed by atoms with Gasteiger partial charge in [0, 0.05) is 6.07 Å². The number of quaternary nitrogens is 1. The Kier molecular flexibility index (Phi) is 4.37. The SMILES string of the molecule is CCOC(=O)c1sc(Oc2ccc3c(c2)OCO3)c2c1CCC1=C2[NH2+]N=C1Br. The second-order valence-corrected chi connectivity index (χ2v) is 8.09. The first-order valence-electron chi connectivity index (χ1n) is 8.86. The summed E-state index contributed by atoms with van der Waals surface area (Å²) in [6, 6.07) is 5.43. The van der Waals surface area contributed by atoms with Gasteiger partial charge in [-0.05, 0) is 53.4 Å². The summed E-state index contributed by atoms with van der Waals surface area (Å²) in [6.07, 6.45) is 1.55. The van der Waals surface area contributed by atoms with Crippen molar-refractivity contribution in [2.45, 2.75) is 19.8 Å². The predicted molar refractivity (Wildman–Crippen MR) is 106 cm³/mol. The Balaban J connectivity index is 1.58. The minimum atomic E-state index is -0.314. The van der Waals surface area contributed by atoms with E-state index in [1.165, 1.54) is 11.3 Å². The van der Waals surface area contributed by atoms with Gasteiger partial charge >= 0.3 is 5.97 Å². The van der Waals surface area contributed by atoms with Crippen LogP contribution < -0.4 is 19.6 Å². The van der Waals surface area contributed by atoms with Gasteiger partial charge in [0.2, 0.25) is 6.79 Å². The van der Waals surface area contributed by atoms with Crippen molar-refractivity contribution in [3.05, 3.63) is 39.8 Å². The van der Waals surface area contributed by atoms with Crippen LogP contribution in [-0.4, -0.2) is 24.0 Å². The number of thiophene rings is 1. The molecule has 0 atom stereocenters. The van der Waals surface area contributed by atoms with Gasteiger partial charge in [0.25, 0.3) is 0 Å². The largest absolute Gasteiger partial charge is 0.462 e. The number of hydrogen-bond donors (Lipinski definition) is 1. The third kappa shape index (κ3) is 2.81. The molecule has 0 spiro atoms. The van der Waals surface area contributed by atoms with Crippen LogP contribution in [-0.2, 0) is 11.2 Å². The molecule has 0 saturated carbocycles. The van der Waals surface area contributed by atoms with Crippen molar-refractivity contribution in [3.8, 4) is 22.3 Å². The van der Waals surface area contributed by atoms with Gasteiger partial charge in [-0.25, -0.2) is 4.79 Å². The lowest BCUT2D eigenvalue weighted by molar-refractivity contribution is -0.565. The van der Waals surface area contributed by atoms with E-state index in [0.29, 0.717) is 33.8 Å². The van der Waals surface area contributed by atoms with Gasteiger partial charge in [-0.1, -0.05) is 16.4 Å². The van der Waals surface area contributed by atoms with E-state index >= 15 is 0 Å². The van der Waals surface area contributed by atoms with Crippen LogP contribution in [0.15, 0.2) is 28.9 Å². The maximum Gasteiger partial charge on any atom is 0.348 e. The van der Waals surface area contributed by atoms with Crippen LogP contribution in [0.4, 0.5) is 0 Å². The Bertz CT molecular complexity index is 1060. The van der Waals surface area contributed by atoms with E-state index in [-0.39, 0.29) is 12.8 Å². The number of carbonyl (C=O) groups is 1. The van der Waals surface area contributed by atoms with Gasteiger partial charge in [-0.3, -0.25) is 0 Å². The van der Waals surface area contributed by atoms with E-state index in [4.69, 9.17) is 18.9 Å². The number of ether oxygens (including phenoxy) is 4. The van der Waals surface area contributed by atoms with Crippen molar-refractivity contribution >= 4 is 43.6 Å². The molecule has 7 nitrogen and oxygen atoms in total. The Morgan fingerprint density at radius 2 is 2.18 bits per heavy atom. The van der Waals surface area contributed by atoms with Crippen molar-refractivity contribution in [3.63, 3.8) is 0 Å². The fourth-order valence-corrected chi connectivity index (χ4v) is 5.17. The van der Waals surface area contributed by atoms with Crippen LogP contribution in [0.3, 0.4) is 0 Å². The van der Waals surface area contributed by atoms with E-state index in [1.54, 1.807) is 13.0 Å². The summed E-state index contributed by atoms with van der Waals surface area (Å²) in [7, 11) is 0. The summed E-state index contributed by atoms with van der Waals surface area (Å²) in [5.41, 5.74) is 5.84. The summed E-state index contributed by atoms with van der Waals surface area (Å²) < 4.78 is 23.1. The zero-order chi connectivity index (χ0) is 19.3. The Hall–Kier alpha value is -2.36. The Labute approximate surface area is 173 Å². The summed E-state index contributed by atoms with van der Waals surface area (Å²) in [5, 5.41) is 5.05. The highest BCUT2D eigenvalue weighted by Gasteiger charge is 2.37. The van der Waals surface area contributed by atoms with Crippen LogP contribution in [0, 0.1) is 0 Å². The number of rotatable bonds is 4. The number of hydrogen-bond acceptors (Lipinski definition) is 7. The number of nitrogens with two attached hydrogens (primary N) is 1. The number of fused-ring (bicyclic) bond motifs is 3. The van der Waals surface area contributed by atoms with Crippen LogP contribution in [0.25, 0.3) is 5.70 Å². The zero-order valence-electron chi connectivity index (χ0n) is 14.9. The van der Waals surface area contributed by atoms with Crippen LogP contribution in [0.2, 0.25) is 0 Å². The quantitative estimate of drug-likeness (QED) is 0.554. The monoisotopic (exact) mass is 463 g/mol. The molecule has 1 aliphatic carbocycles. The molecule has 5 rings (SSSR count). The van der Waals surface area contributed by atoms with Gasteiger partial charge in [0.1, 0.15) is 10.6 Å². The van der Waals surface area contributed by atoms with Crippen LogP contribution in [0.5, 0.6) is 22.3 Å². The minimum absolute atomic E-state index is 0.205. The number of esters is 1. The molecular formula is C19H16BrN2O5S+. The van der Waals surface area contributed by atoms with Gasteiger partial charge < -0.3 is 18.9 Å². The molecule has 0 fully saturated rings. The van der Waals surface area contributed by atoms with E-state index in [2.05, 4.69) is 21.0 Å². The number of benzene rings is 1.